The predicted molar refractivity (Wildman–Crippen MR) is 69.2 cm³/mol. The van der Waals surface area contributed by atoms with Crippen LogP contribution in [0.4, 0.5) is 0 Å². The Morgan fingerprint density at radius 2 is 2.32 bits per heavy atom. The molecule has 1 N–H and O–H groups in total. The van der Waals surface area contributed by atoms with Crippen molar-refractivity contribution in [3.05, 3.63) is 23.7 Å². The van der Waals surface area contributed by atoms with Gasteiger partial charge in [0.25, 0.3) is 5.91 Å². The summed E-state index contributed by atoms with van der Waals surface area (Å²) < 4.78 is 10.5. The number of furan rings is 1. The zero-order chi connectivity index (χ0) is 13.8. The topological polar surface area (TPSA) is 80.0 Å². The number of carboxylic acids is 1. The van der Waals surface area contributed by atoms with Crippen LogP contribution in [0.15, 0.2) is 16.5 Å². The van der Waals surface area contributed by atoms with Gasteiger partial charge in [0.1, 0.15) is 5.76 Å². The van der Waals surface area contributed by atoms with E-state index < -0.39 is 17.9 Å². The van der Waals surface area contributed by atoms with Gasteiger partial charge < -0.3 is 19.2 Å². The third-order valence-electron chi connectivity index (χ3n) is 2.83. The lowest BCUT2D eigenvalue weighted by atomic mass is 10.2. The van der Waals surface area contributed by atoms with Crippen LogP contribution in [0.25, 0.3) is 0 Å². The molecule has 1 unspecified atom stereocenters. The number of carbonyl (C=O) groups excluding carboxylic acids is 1. The molecule has 6 nitrogen and oxygen atoms in total. The number of rotatable bonds is 4. The summed E-state index contributed by atoms with van der Waals surface area (Å²) in [5, 5.41) is 9.09. The first-order valence-electron chi connectivity index (χ1n) is 5.82. The first-order valence-corrected chi connectivity index (χ1v) is 7.22. The number of hydrogen-bond donors (Lipinski definition) is 1. The smallest absolute Gasteiger partial charge is 0.328 e. The monoisotopic (exact) mass is 285 g/mol. The van der Waals surface area contributed by atoms with Crippen molar-refractivity contribution >= 4 is 23.6 Å². The van der Waals surface area contributed by atoms with Gasteiger partial charge in [-0.2, -0.15) is 11.8 Å². The van der Waals surface area contributed by atoms with Crippen molar-refractivity contribution in [1.29, 1.82) is 0 Å². The molecule has 1 aromatic heterocycles. The molecule has 1 aromatic rings. The van der Waals surface area contributed by atoms with Crippen molar-refractivity contribution < 1.29 is 23.8 Å². The van der Waals surface area contributed by atoms with Crippen molar-refractivity contribution in [2.75, 3.05) is 26.0 Å². The van der Waals surface area contributed by atoms with Gasteiger partial charge in [0.15, 0.2) is 11.8 Å². The molecule has 19 heavy (non-hydrogen) atoms. The highest BCUT2D eigenvalue weighted by atomic mass is 32.2. The van der Waals surface area contributed by atoms with Crippen LogP contribution in [0.3, 0.4) is 0 Å². The minimum atomic E-state index is -1.07. The van der Waals surface area contributed by atoms with E-state index in [0.717, 1.165) is 0 Å². The largest absolute Gasteiger partial charge is 0.480 e. The van der Waals surface area contributed by atoms with Crippen LogP contribution in [0, 0.1) is 0 Å². The fraction of sp³-hybridized carbons (Fsp3) is 0.500. The number of amides is 1. The molecule has 1 atom stereocenters. The number of thioether (sulfide) groups is 1. The number of aliphatic carboxylic acids is 1. The van der Waals surface area contributed by atoms with Crippen LogP contribution in [0.5, 0.6) is 0 Å². The molecule has 2 rings (SSSR count). The number of carbonyl (C=O) groups is 2. The normalized spacial score (nSPS) is 19.4. The van der Waals surface area contributed by atoms with Crippen LogP contribution < -0.4 is 0 Å². The standard InChI is InChI=1S/C12H15NO5S/c1-19-7-8-2-3-10(18-8)11(14)13-4-5-17-6-9(13)12(15)16/h2-3,9H,4-7H2,1H3,(H,15,16). The Morgan fingerprint density at radius 3 is 3.00 bits per heavy atom. The fourth-order valence-corrected chi connectivity index (χ4v) is 2.35. The molecular weight excluding hydrogens is 270 g/mol. The molecule has 0 aliphatic carbocycles. The molecule has 0 radical (unpaired) electrons. The summed E-state index contributed by atoms with van der Waals surface area (Å²) >= 11 is 1.59. The van der Waals surface area contributed by atoms with Crippen molar-refractivity contribution in [2.45, 2.75) is 11.8 Å². The zero-order valence-electron chi connectivity index (χ0n) is 10.5. The molecule has 1 aliphatic rings. The van der Waals surface area contributed by atoms with Gasteiger partial charge in [-0.05, 0) is 18.4 Å². The predicted octanol–water partition coefficient (Wildman–Crippen LogP) is 1.07. The third-order valence-corrected chi connectivity index (χ3v) is 3.41. The van der Waals surface area contributed by atoms with E-state index >= 15 is 0 Å². The molecule has 1 aliphatic heterocycles. The van der Waals surface area contributed by atoms with Gasteiger partial charge in [-0.15, -0.1) is 0 Å². The van der Waals surface area contributed by atoms with Crippen LogP contribution >= 0.6 is 11.8 Å². The molecular formula is C12H15NO5S. The number of ether oxygens (including phenoxy) is 1. The molecule has 1 fully saturated rings. The summed E-state index contributed by atoms with van der Waals surface area (Å²) in [5.74, 6) is 0.0961. The lowest BCUT2D eigenvalue weighted by Crippen LogP contribution is -2.52. The number of nitrogens with zero attached hydrogens (tertiary/aromatic N) is 1. The Bertz CT molecular complexity index is 472. The summed E-state index contributed by atoms with van der Waals surface area (Å²) in [5.41, 5.74) is 0. The molecule has 0 aromatic carbocycles. The average Bonchev–Trinajstić information content (AvgIpc) is 2.87. The van der Waals surface area contributed by atoms with Gasteiger partial charge in [0.05, 0.1) is 19.0 Å². The average molecular weight is 285 g/mol. The van der Waals surface area contributed by atoms with E-state index in [1.165, 1.54) is 4.90 Å². The second kappa shape index (κ2) is 6.12. The first-order chi connectivity index (χ1) is 9.13. The summed E-state index contributed by atoms with van der Waals surface area (Å²) in [7, 11) is 0. The van der Waals surface area contributed by atoms with Crippen LogP contribution in [0.2, 0.25) is 0 Å². The SMILES string of the molecule is CSCc1ccc(C(=O)N2CCOCC2C(=O)O)o1. The summed E-state index contributed by atoms with van der Waals surface area (Å²) in [6, 6.07) is 2.37. The molecule has 1 saturated heterocycles. The molecule has 7 heteroatoms. The van der Waals surface area contributed by atoms with Crippen LogP contribution in [-0.2, 0) is 15.3 Å². The third kappa shape index (κ3) is 3.10. The minimum absolute atomic E-state index is 0.0133. The molecule has 2 heterocycles. The highest BCUT2D eigenvalue weighted by Crippen LogP contribution is 2.17. The lowest BCUT2D eigenvalue weighted by Gasteiger charge is -2.32. The quantitative estimate of drug-likeness (QED) is 0.891. The lowest BCUT2D eigenvalue weighted by molar-refractivity contribution is -0.147. The fourth-order valence-electron chi connectivity index (χ4n) is 1.91. The number of hydrogen-bond acceptors (Lipinski definition) is 5. The van der Waals surface area contributed by atoms with Crippen molar-refractivity contribution in [2.24, 2.45) is 0 Å². The highest BCUT2D eigenvalue weighted by molar-refractivity contribution is 7.97. The van der Waals surface area contributed by atoms with Gasteiger partial charge in [0.2, 0.25) is 0 Å². The van der Waals surface area contributed by atoms with Crippen molar-refractivity contribution in [3.8, 4) is 0 Å². The van der Waals surface area contributed by atoms with E-state index in [-0.39, 0.29) is 18.9 Å². The maximum Gasteiger partial charge on any atom is 0.328 e. The van der Waals surface area contributed by atoms with Crippen LogP contribution in [-0.4, -0.2) is 53.9 Å². The van der Waals surface area contributed by atoms with Gasteiger partial charge in [0, 0.05) is 6.54 Å². The Balaban J connectivity index is 2.14. The maximum absolute atomic E-state index is 12.2. The summed E-state index contributed by atoms with van der Waals surface area (Å²) in [4.78, 5) is 24.6. The Morgan fingerprint density at radius 1 is 1.53 bits per heavy atom. The van der Waals surface area contributed by atoms with E-state index in [1.807, 2.05) is 6.26 Å². The Kier molecular flexibility index (Phi) is 4.49. The molecule has 0 saturated carbocycles. The van der Waals surface area contributed by atoms with Crippen molar-refractivity contribution in [1.82, 2.24) is 4.90 Å². The van der Waals surface area contributed by atoms with Crippen molar-refractivity contribution in [3.63, 3.8) is 0 Å². The minimum Gasteiger partial charge on any atom is -0.480 e. The number of carboxylic acid groups (broad SMARTS) is 1. The molecule has 104 valence electrons. The van der Waals surface area contributed by atoms with E-state index in [2.05, 4.69) is 0 Å². The molecule has 0 spiro atoms. The Labute approximate surface area is 114 Å². The van der Waals surface area contributed by atoms with Gasteiger partial charge in [-0.3, -0.25) is 4.79 Å². The second-order valence-corrected chi connectivity index (χ2v) is 4.99. The van der Waals surface area contributed by atoms with E-state index in [4.69, 9.17) is 14.3 Å². The van der Waals surface area contributed by atoms with E-state index in [9.17, 15) is 9.59 Å². The molecule has 0 bridgehead atoms. The second-order valence-electron chi connectivity index (χ2n) is 4.13. The van der Waals surface area contributed by atoms with Crippen LogP contribution in [0.1, 0.15) is 16.3 Å². The molecule has 1 amide bonds. The summed E-state index contributed by atoms with van der Waals surface area (Å²) in [6.07, 6.45) is 1.94. The maximum atomic E-state index is 12.2. The van der Waals surface area contributed by atoms with Gasteiger partial charge in [-0.1, -0.05) is 0 Å². The van der Waals surface area contributed by atoms with E-state index in [0.29, 0.717) is 18.1 Å². The summed E-state index contributed by atoms with van der Waals surface area (Å²) in [6.45, 7) is 0.613. The van der Waals surface area contributed by atoms with E-state index in [1.54, 1.807) is 23.9 Å². The first kappa shape index (κ1) is 14.0. The highest BCUT2D eigenvalue weighted by Gasteiger charge is 2.34. The Hall–Kier alpha value is -1.47. The zero-order valence-corrected chi connectivity index (χ0v) is 11.3. The number of morpholine rings is 1. The van der Waals surface area contributed by atoms with Gasteiger partial charge in [-0.25, -0.2) is 4.79 Å². The van der Waals surface area contributed by atoms with Gasteiger partial charge >= 0.3 is 5.97 Å².